The number of halogens is 1. The van der Waals surface area contributed by atoms with Crippen LogP contribution in [0.2, 0.25) is 5.02 Å². The molecule has 2 aromatic carbocycles. The van der Waals surface area contributed by atoms with Crippen molar-refractivity contribution in [3.8, 4) is 5.75 Å². The predicted octanol–water partition coefficient (Wildman–Crippen LogP) is 4.01. The van der Waals surface area contributed by atoms with Crippen molar-refractivity contribution in [2.75, 3.05) is 11.9 Å². The molecule has 0 atom stereocenters. The summed E-state index contributed by atoms with van der Waals surface area (Å²) in [6, 6.07) is 13.0. The summed E-state index contributed by atoms with van der Waals surface area (Å²) in [6.45, 7) is 0.436. The van der Waals surface area contributed by atoms with E-state index in [1.807, 2.05) is 30.3 Å². The van der Waals surface area contributed by atoms with Gasteiger partial charge >= 0.3 is 0 Å². The number of nitrogens with one attached hydrogen (secondary N) is 2. The highest BCUT2D eigenvalue weighted by Crippen LogP contribution is 2.23. The zero-order chi connectivity index (χ0) is 16.1. The van der Waals surface area contributed by atoms with Crippen LogP contribution in [0.4, 0.5) is 5.69 Å². The standard InChI is InChI=1S/C17H16ClN3O2/c18-13-6-1-2-8-15(13)23-10-4-9-16(22)20-14-7-3-5-12-11-19-21-17(12)14/h1-3,5-8,11H,4,9-10H2,(H,19,21)(H,20,22). The molecule has 0 saturated carbocycles. The van der Waals surface area contributed by atoms with Gasteiger partial charge in [-0.25, -0.2) is 0 Å². The minimum absolute atomic E-state index is 0.0603. The number of amides is 1. The molecule has 0 unspecified atom stereocenters. The summed E-state index contributed by atoms with van der Waals surface area (Å²) in [4.78, 5) is 12.0. The Morgan fingerprint density at radius 2 is 2.09 bits per heavy atom. The van der Waals surface area contributed by atoms with Gasteiger partial charge in [0.15, 0.2) is 0 Å². The molecule has 118 valence electrons. The van der Waals surface area contributed by atoms with Crippen LogP contribution in [0.3, 0.4) is 0 Å². The number of para-hydroxylation sites is 2. The number of hydrogen-bond donors (Lipinski definition) is 2. The van der Waals surface area contributed by atoms with Crippen LogP contribution in [0.5, 0.6) is 5.75 Å². The van der Waals surface area contributed by atoms with Gasteiger partial charge in [0.25, 0.3) is 0 Å². The lowest BCUT2D eigenvalue weighted by Gasteiger charge is -2.08. The number of aromatic amines is 1. The van der Waals surface area contributed by atoms with E-state index in [4.69, 9.17) is 16.3 Å². The maximum Gasteiger partial charge on any atom is 0.224 e. The van der Waals surface area contributed by atoms with Gasteiger partial charge in [0, 0.05) is 11.8 Å². The van der Waals surface area contributed by atoms with Crippen molar-refractivity contribution in [1.82, 2.24) is 10.2 Å². The van der Waals surface area contributed by atoms with E-state index >= 15 is 0 Å². The number of ether oxygens (including phenoxy) is 1. The van der Waals surface area contributed by atoms with Crippen LogP contribution in [0.1, 0.15) is 12.8 Å². The van der Waals surface area contributed by atoms with Gasteiger partial charge in [-0.1, -0.05) is 35.9 Å². The number of benzene rings is 2. The lowest BCUT2D eigenvalue weighted by atomic mass is 10.2. The van der Waals surface area contributed by atoms with Gasteiger partial charge in [-0.2, -0.15) is 5.10 Å². The molecule has 6 heteroatoms. The van der Waals surface area contributed by atoms with Crippen molar-refractivity contribution in [2.45, 2.75) is 12.8 Å². The van der Waals surface area contributed by atoms with Crippen molar-refractivity contribution in [3.63, 3.8) is 0 Å². The number of rotatable bonds is 6. The molecule has 1 amide bonds. The van der Waals surface area contributed by atoms with Crippen LogP contribution < -0.4 is 10.1 Å². The van der Waals surface area contributed by atoms with Crippen molar-refractivity contribution in [2.24, 2.45) is 0 Å². The molecule has 3 rings (SSSR count). The maximum absolute atomic E-state index is 12.0. The van der Waals surface area contributed by atoms with E-state index in [0.29, 0.717) is 30.2 Å². The average molecular weight is 330 g/mol. The Morgan fingerprint density at radius 3 is 2.96 bits per heavy atom. The average Bonchev–Trinajstić information content (AvgIpc) is 3.03. The summed E-state index contributed by atoms with van der Waals surface area (Å²) >= 11 is 6.00. The Labute approximate surface area is 138 Å². The van der Waals surface area contributed by atoms with E-state index in [0.717, 1.165) is 16.6 Å². The molecule has 0 saturated heterocycles. The molecule has 0 spiro atoms. The number of H-pyrrole nitrogens is 1. The third-order valence-electron chi connectivity index (χ3n) is 3.39. The van der Waals surface area contributed by atoms with E-state index in [1.54, 1.807) is 18.3 Å². The molecule has 0 bridgehead atoms. The summed E-state index contributed by atoms with van der Waals surface area (Å²) in [5.41, 5.74) is 1.56. The van der Waals surface area contributed by atoms with Crippen molar-refractivity contribution in [1.29, 1.82) is 0 Å². The van der Waals surface area contributed by atoms with Gasteiger partial charge in [-0.3, -0.25) is 9.89 Å². The second-order valence-electron chi connectivity index (χ2n) is 5.07. The summed E-state index contributed by atoms with van der Waals surface area (Å²) in [5, 5.41) is 11.3. The SMILES string of the molecule is O=C(CCCOc1ccccc1Cl)Nc1cccc2cn[nH]c12. The molecule has 23 heavy (non-hydrogen) atoms. The first-order valence-electron chi connectivity index (χ1n) is 7.33. The Hall–Kier alpha value is -2.53. The van der Waals surface area contributed by atoms with Crippen molar-refractivity contribution >= 4 is 34.1 Å². The normalized spacial score (nSPS) is 10.7. The molecule has 2 N–H and O–H groups in total. The summed E-state index contributed by atoms with van der Waals surface area (Å²) < 4.78 is 5.57. The lowest BCUT2D eigenvalue weighted by Crippen LogP contribution is -2.13. The monoisotopic (exact) mass is 329 g/mol. The number of aromatic nitrogens is 2. The van der Waals surface area contributed by atoms with Crippen LogP contribution >= 0.6 is 11.6 Å². The fourth-order valence-corrected chi connectivity index (χ4v) is 2.45. The molecule has 1 heterocycles. The van der Waals surface area contributed by atoms with E-state index in [-0.39, 0.29) is 5.91 Å². The Bertz CT molecular complexity index is 816. The molecule has 0 aliphatic rings. The molecule has 3 aromatic rings. The van der Waals surface area contributed by atoms with Crippen LogP contribution in [-0.4, -0.2) is 22.7 Å². The second-order valence-corrected chi connectivity index (χ2v) is 5.48. The smallest absolute Gasteiger partial charge is 0.224 e. The van der Waals surface area contributed by atoms with Gasteiger partial charge in [-0.05, 0) is 24.6 Å². The Morgan fingerprint density at radius 1 is 1.22 bits per heavy atom. The maximum atomic E-state index is 12.0. The number of carbonyl (C=O) groups is 1. The number of fused-ring (bicyclic) bond motifs is 1. The Balaban J connectivity index is 1.48. The number of carbonyl (C=O) groups excluding carboxylic acids is 1. The van der Waals surface area contributed by atoms with E-state index in [9.17, 15) is 4.79 Å². The highest BCUT2D eigenvalue weighted by atomic mass is 35.5. The van der Waals surface area contributed by atoms with Crippen LogP contribution in [0.15, 0.2) is 48.7 Å². The molecule has 0 fully saturated rings. The highest BCUT2D eigenvalue weighted by Gasteiger charge is 2.07. The molecular formula is C17H16ClN3O2. The van der Waals surface area contributed by atoms with Gasteiger partial charge in [0.05, 0.1) is 29.0 Å². The third-order valence-corrected chi connectivity index (χ3v) is 3.71. The predicted molar refractivity (Wildman–Crippen MR) is 90.9 cm³/mol. The first-order chi connectivity index (χ1) is 11.2. The van der Waals surface area contributed by atoms with Gasteiger partial charge in [-0.15, -0.1) is 0 Å². The quantitative estimate of drug-likeness (QED) is 0.671. The Kier molecular flexibility index (Phi) is 4.78. The summed E-state index contributed by atoms with van der Waals surface area (Å²) in [7, 11) is 0. The van der Waals surface area contributed by atoms with E-state index in [1.165, 1.54) is 0 Å². The number of anilines is 1. The minimum Gasteiger partial charge on any atom is -0.492 e. The molecule has 5 nitrogen and oxygen atoms in total. The van der Waals surface area contributed by atoms with E-state index < -0.39 is 0 Å². The lowest BCUT2D eigenvalue weighted by molar-refractivity contribution is -0.116. The van der Waals surface area contributed by atoms with Crippen molar-refractivity contribution in [3.05, 3.63) is 53.7 Å². The summed E-state index contributed by atoms with van der Waals surface area (Å²) in [6.07, 6.45) is 2.70. The number of nitrogens with zero attached hydrogens (tertiary/aromatic N) is 1. The largest absolute Gasteiger partial charge is 0.492 e. The van der Waals surface area contributed by atoms with Gasteiger partial charge in [0.1, 0.15) is 5.75 Å². The number of hydrogen-bond acceptors (Lipinski definition) is 3. The zero-order valence-corrected chi connectivity index (χ0v) is 13.1. The molecule has 1 aromatic heterocycles. The van der Waals surface area contributed by atoms with E-state index in [2.05, 4.69) is 15.5 Å². The van der Waals surface area contributed by atoms with Crippen LogP contribution in [0, 0.1) is 0 Å². The van der Waals surface area contributed by atoms with Gasteiger partial charge < -0.3 is 10.1 Å². The molecule has 0 aliphatic heterocycles. The van der Waals surface area contributed by atoms with Crippen LogP contribution in [-0.2, 0) is 4.79 Å². The fraction of sp³-hybridized carbons (Fsp3) is 0.176. The van der Waals surface area contributed by atoms with Crippen molar-refractivity contribution < 1.29 is 9.53 Å². The molecule has 0 aliphatic carbocycles. The summed E-state index contributed by atoms with van der Waals surface area (Å²) in [5.74, 6) is 0.576. The molecule has 0 radical (unpaired) electrons. The van der Waals surface area contributed by atoms with Crippen LogP contribution in [0.25, 0.3) is 10.9 Å². The third kappa shape index (κ3) is 3.81. The molecular weight excluding hydrogens is 314 g/mol. The first-order valence-corrected chi connectivity index (χ1v) is 7.71. The second kappa shape index (κ2) is 7.15. The van der Waals surface area contributed by atoms with Gasteiger partial charge in [0.2, 0.25) is 5.91 Å². The highest BCUT2D eigenvalue weighted by molar-refractivity contribution is 6.32. The fourth-order valence-electron chi connectivity index (χ4n) is 2.26. The zero-order valence-electron chi connectivity index (χ0n) is 12.4. The first kappa shape index (κ1) is 15.4. The topological polar surface area (TPSA) is 67.0 Å². The minimum atomic E-state index is -0.0603.